The standard InChI is InChI=1S/C22H32N2O4/c1-27-19-9-6-7-10-20(19)28-18-12-15-23(16-13-18)22(26)17-24-14-8-4-2-3-5-11-21(24)25/h6-7,9-10,18H,2-5,8,11-17H2,1H3. The molecule has 2 amide bonds. The van der Waals surface area contributed by atoms with Crippen LogP contribution in [0.15, 0.2) is 24.3 Å². The van der Waals surface area contributed by atoms with Crippen LogP contribution in [0.25, 0.3) is 0 Å². The zero-order chi connectivity index (χ0) is 19.8. The lowest BCUT2D eigenvalue weighted by molar-refractivity contribution is -0.141. The van der Waals surface area contributed by atoms with E-state index in [9.17, 15) is 9.59 Å². The monoisotopic (exact) mass is 388 g/mol. The molecule has 1 aromatic rings. The summed E-state index contributed by atoms with van der Waals surface area (Å²) in [5.41, 5.74) is 0. The Hall–Kier alpha value is -2.24. The molecule has 154 valence electrons. The van der Waals surface area contributed by atoms with Gasteiger partial charge in [0.15, 0.2) is 11.5 Å². The van der Waals surface area contributed by atoms with Crippen molar-refractivity contribution in [1.29, 1.82) is 0 Å². The van der Waals surface area contributed by atoms with Gasteiger partial charge in [-0.1, -0.05) is 31.4 Å². The first-order chi connectivity index (χ1) is 13.7. The fraction of sp³-hybridized carbons (Fsp3) is 0.636. The number of carbonyl (C=O) groups is 2. The Morgan fingerprint density at radius 3 is 2.43 bits per heavy atom. The molecule has 2 aliphatic rings. The van der Waals surface area contributed by atoms with Crippen molar-refractivity contribution in [3.8, 4) is 11.5 Å². The lowest BCUT2D eigenvalue weighted by Gasteiger charge is -2.34. The number of rotatable bonds is 5. The Labute approximate surface area is 167 Å². The molecule has 6 heteroatoms. The molecule has 2 saturated heterocycles. The highest BCUT2D eigenvalue weighted by molar-refractivity contribution is 5.85. The van der Waals surface area contributed by atoms with Crippen LogP contribution in [-0.2, 0) is 9.59 Å². The van der Waals surface area contributed by atoms with Crippen molar-refractivity contribution in [2.75, 3.05) is 33.3 Å². The summed E-state index contributed by atoms with van der Waals surface area (Å²) in [6, 6.07) is 7.64. The van der Waals surface area contributed by atoms with Crippen LogP contribution in [0.5, 0.6) is 11.5 Å². The van der Waals surface area contributed by atoms with E-state index in [1.165, 1.54) is 6.42 Å². The number of methoxy groups -OCH3 is 1. The van der Waals surface area contributed by atoms with E-state index in [0.29, 0.717) is 26.1 Å². The minimum absolute atomic E-state index is 0.0586. The highest BCUT2D eigenvalue weighted by atomic mass is 16.5. The van der Waals surface area contributed by atoms with Crippen LogP contribution in [0.3, 0.4) is 0 Å². The summed E-state index contributed by atoms with van der Waals surface area (Å²) in [6.07, 6.45) is 7.61. The van der Waals surface area contributed by atoms with Gasteiger partial charge in [-0.2, -0.15) is 0 Å². The largest absolute Gasteiger partial charge is 0.493 e. The predicted molar refractivity (Wildman–Crippen MR) is 108 cm³/mol. The summed E-state index contributed by atoms with van der Waals surface area (Å²) in [6.45, 7) is 2.26. The molecule has 0 spiro atoms. The normalized spacial score (nSPS) is 19.5. The summed E-state index contributed by atoms with van der Waals surface area (Å²) in [4.78, 5) is 28.8. The minimum Gasteiger partial charge on any atom is -0.493 e. The van der Waals surface area contributed by atoms with Crippen LogP contribution in [-0.4, -0.2) is 61.0 Å². The van der Waals surface area contributed by atoms with Crippen LogP contribution in [0.2, 0.25) is 0 Å². The van der Waals surface area contributed by atoms with Crippen molar-refractivity contribution >= 4 is 11.8 Å². The Morgan fingerprint density at radius 1 is 1.00 bits per heavy atom. The highest BCUT2D eigenvalue weighted by Crippen LogP contribution is 2.29. The maximum Gasteiger partial charge on any atom is 0.242 e. The van der Waals surface area contributed by atoms with Gasteiger partial charge >= 0.3 is 0 Å². The maximum absolute atomic E-state index is 12.7. The van der Waals surface area contributed by atoms with Gasteiger partial charge in [-0.15, -0.1) is 0 Å². The van der Waals surface area contributed by atoms with Crippen molar-refractivity contribution in [1.82, 2.24) is 9.80 Å². The average Bonchev–Trinajstić information content (AvgIpc) is 2.82. The number of para-hydroxylation sites is 2. The highest BCUT2D eigenvalue weighted by Gasteiger charge is 2.27. The first kappa shape index (κ1) is 20.5. The molecule has 2 fully saturated rings. The fourth-order valence-electron chi connectivity index (χ4n) is 3.94. The number of hydrogen-bond acceptors (Lipinski definition) is 4. The van der Waals surface area contributed by atoms with Gasteiger partial charge in [0.2, 0.25) is 11.8 Å². The summed E-state index contributed by atoms with van der Waals surface area (Å²) in [7, 11) is 1.64. The van der Waals surface area contributed by atoms with E-state index in [0.717, 1.165) is 50.0 Å². The molecule has 0 aromatic heterocycles. The van der Waals surface area contributed by atoms with Gasteiger partial charge in [-0.25, -0.2) is 0 Å². The number of amides is 2. The third kappa shape index (κ3) is 5.63. The number of nitrogens with zero attached hydrogens (tertiary/aromatic N) is 2. The Kier molecular flexibility index (Phi) is 7.57. The summed E-state index contributed by atoms with van der Waals surface area (Å²) in [5.74, 6) is 1.66. The molecule has 28 heavy (non-hydrogen) atoms. The smallest absolute Gasteiger partial charge is 0.242 e. The lowest BCUT2D eigenvalue weighted by atomic mass is 10.1. The second-order valence-corrected chi connectivity index (χ2v) is 7.68. The molecule has 2 aliphatic heterocycles. The van der Waals surface area contributed by atoms with Crippen molar-refractivity contribution < 1.29 is 19.1 Å². The Bertz CT molecular complexity index is 656. The number of likely N-dealkylation sites (tertiary alicyclic amines) is 1. The topological polar surface area (TPSA) is 59.1 Å². The number of piperidine rings is 1. The number of ether oxygens (including phenoxy) is 2. The third-order valence-electron chi connectivity index (χ3n) is 5.65. The Morgan fingerprint density at radius 2 is 1.68 bits per heavy atom. The van der Waals surface area contributed by atoms with Crippen LogP contribution >= 0.6 is 0 Å². The van der Waals surface area contributed by atoms with Crippen molar-refractivity contribution in [2.45, 2.75) is 57.5 Å². The SMILES string of the molecule is COc1ccccc1OC1CCN(C(=O)CN2CCCCCCCC2=O)CC1. The zero-order valence-electron chi connectivity index (χ0n) is 16.9. The summed E-state index contributed by atoms with van der Waals surface area (Å²) in [5, 5.41) is 0. The lowest BCUT2D eigenvalue weighted by Crippen LogP contribution is -2.47. The second kappa shape index (κ2) is 10.3. The van der Waals surface area contributed by atoms with E-state index in [1.54, 1.807) is 12.0 Å². The molecule has 0 saturated carbocycles. The third-order valence-corrected chi connectivity index (χ3v) is 5.65. The first-order valence-electron chi connectivity index (χ1n) is 10.5. The van der Waals surface area contributed by atoms with E-state index < -0.39 is 0 Å². The van der Waals surface area contributed by atoms with Gasteiger partial charge in [0.1, 0.15) is 6.10 Å². The van der Waals surface area contributed by atoms with Gasteiger partial charge in [0, 0.05) is 38.9 Å². The van der Waals surface area contributed by atoms with E-state index in [4.69, 9.17) is 9.47 Å². The predicted octanol–water partition coefficient (Wildman–Crippen LogP) is 3.25. The average molecular weight is 389 g/mol. The fourth-order valence-corrected chi connectivity index (χ4v) is 3.94. The maximum atomic E-state index is 12.7. The van der Waals surface area contributed by atoms with Crippen LogP contribution < -0.4 is 9.47 Å². The molecule has 0 unspecified atom stereocenters. The van der Waals surface area contributed by atoms with Crippen LogP contribution in [0, 0.1) is 0 Å². The molecule has 0 aliphatic carbocycles. The molecule has 0 radical (unpaired) electrons. The van der Waals surface area contributed by atoms with E-state index in [2.05, 4.69) is 0 Å². The van der Waals surface area contributed by atoms with Gasteiger partial charge in [0.05, 0.1) is 13.7 Å². The van der Waals surface area contributed by atoms with Crippen molar-refractivity contribution in [3.05, 3.63) is 24.3 Å². The van der Waals surface area contributed by atoms with E-state index in [1.807, 2.05) is 29.2 Å². The number of hydrogen-bond donors (Lipinski definition) is 0. The van der Waals surface area contributed by atoms with Gasteiger partial charge < -0.3 is 19.3 Å². The van der Waals surface area contributed by atoms with Crippen molar-refractivity contribution in [2.24, 2.45) is 0 Å². The molecule has 0 bridgehead atoms. The number of carbonyl (C=O) groups excluding carboxylic acids is 2. The van der Waals surface area contributed by atoms with Crippen LogP contribution in [0.1, 0.15) is 51.4 Å². The first-order valence-corrected chi connectivity index (χ1v) is 10.5. The molecule has 0 N–H and O–H groups in total. The van der Waals surface area contributed by atoms with Gasteiger partial charge in [-0.05, 0) is 25.0 Å². The molecular weight excluding hydrogens is 356 g/mol. The minimum atomic E-state index is 0.0586. The number of benzene rings is 1. The van der Waals surface area contributed by atoms with Crippen molar-refractivity contribution in [3.63, 3.8) is 0 Å². The molecule has 1 aromatic carbocycles. The molecular formula is C22H32N2O4. The van der Waals surface area contributed by atoms with E-state index in [-0.39, 0.29) is 24.5 Å². The molecule has 6 nitrogen and oxygen atoms in total. The molecule has 0 atom stereocenters. The molecule has 2 heterocycles. The van der Waals surface area contributed by atoms with E-state index >= 15 is 0 Å². The van der Waals surface area contributed by atoms with Gasteiger partial charge in [-0.3, -0.25) is 9.59 Å². The summed E-state index contributed by atoms with van der Waals surface area (Å²) < 4.78 is 11.4. The molecule has 3 rings (SSSR count). The van der Waals surface area contributed by atoms with Crippen LogP contribution in [0.4, 0.5) is 0 Å². The second-order valence-electron chi connectivity index (χ2n) is 7.68. The quantitative estimate of drug-likeness (QED) is 0.777. The van der Waals surface area contributed by atoms with Gasteiger partial charge in [0.25, 0.3) is 0 Å². The zero-order valence-corrected chi connectivity index (χ0v) is 16.9. The Balaban J connectivity index is 1.48. The summed E-state index contributed by atoms with van der Waals surface area (Å²) >= 11 is 0.